The molecule has 1 aliphatic rings. The molecule has 0 radical (unpaired) electrons. The molecule has 2 aromatic heterocycles. The van der Waals surface area contributed by atoms with Crippen LogP contribution < -0.4 is 11.0 Å². The van der Waals surface area contributed by atoms with Gasteiger partial charge in [0.1, 0.15) is 5.82 Å². The lowest BCUT2D eigenvalue weighted by molar-refractivity contribution is 0.435. The van der Waals surface area contributed by atoms with Gasteiger partial charge in [0, 0.05) is 31.4 Å². The molecule has 7 heteroatoms. The van der Waals surface area contributed by atoms with E-state index in [-0.39, 0.29) is 18.1 Å². The largest absolute Gasteiger partial charge is 0.354 e. The van der Waals surface area contributed by atoms with Crippen LogP contribution in [0.2, 0.25) is 0 Å². The van der Waals surface area contributed by atoms with Crippen molar-refractivity contribution in [1.29, 1.82) is 0 Å². The van der Waals surface area contributed by atoms with Crippen LogP contribution in [0.3, 0.4) is 0 Å². The second-order valence-electron chi connectivity index (χ2n) is 6.83. The summed E-state index contributed by atoms with van der Waals surface area (Å²) in [7, 11) is 0. The van der Waals surface area contributed by atoms with Gasteiger partial charge in [0.15, 0.2) is 0 Å². The Bertz CT molecular complexity index is 879. The van der Waals surface area contributed by atoms with Crippen molar-refractivity contribution in [2.24, 2.45) is 0 Å². The second-order valence-corrected chi connectivity index (χ2v) is 6.83. The number of aromatic nitrogens is 4. The molecule has 0 atom stereocenters. The molecule has 1 aromatic carbocycles. The van der Waals surface area contributed by atoms with E-state index in [9.17, 15) is 4.79 Å². The number of aryl methyl sites for hydroxylation is 2. The Morgan fingerprint density at radius 1 is 1.00 bits per heavy atom. The molecule has 3 aromatic rings. The van der Waals surface area contributed by atoms with Crippen molar-refractivity contribution in [2.75, 3.05) is 13.1 Å². The molecule has 0 bridgehead atoms. The summed E-state index contributed by atoms with van der Waals surface area (Å²) in [6, 6.07) is 13.9. The summed E-state index contributed by atoms with van der Waals surface area (Å²) in [6.45, 7) is 3.48. The molecule has 1 aliphatic heterocycles. The summed E-state index contributed by atoms with van der Waals surface area (Å²) in [4.78, 5) is 13.1. The summed E-state index contributed by atoms with van der Waals surface area (Å²) in [5, 5.41) is 8.15. The number of halogens is 1. The quantitative estimate of drug-likeness (QED) is 0.707. The Balaban J connectivity index is 0.00000210. The normalized spacial score (nSPS) is 14.8. The van der Waals surface area contributed by atoms with Crippen molar-refractivity contribution in [1.82, 2.24) is 24.2 Å². The molecule has 0 amide bonds. The number of benzene rings is 1. The maximum absolute atomic E-state index is 13.1. The van der Waals surface area contributed by atoms with Crippen LogP contribution >= 0.6 is 12.4 Å². The van der Waals surface area contributed by atoms with Crippen molar-refractivity contribution in [3.63, 3.8) is 0 Å². The molecule has 27 heavy (non-hydrogen) atoms. The van der Waals surface area contributed by atoms with E-state index in [4.69, 9.17) is 5.10 Å². The minimum absolute atomic E-state index is 0. The first-order chi connectivity index (χ1) is 12.8. The number of para-hydroxylation sites is 1. The zero-order chi connectivity index (χ0) is 17.8. The Morgan fingerprint density at radius 3 is 2.41 bits per heavy atom. The molecule has 0 saturated carbocycles. The first kappa shape index (κ1) is 19.5. The van der Waals surface area contributed by atoms with Gasteiger partial charge < -0.3 is 9.88 Å². The summed E-state index contributed by atoms with van der Waals surface area (Å²) >= 11 is 0. The molecular weight excluding hydrogens is 362 g/mol. The average molecular weight is 388 g/mol. The number of hydrogen-bond acceptors (Lipinski definition) is 3. The van der Waals surface area contributed by atoms with Gasteiger partial charge in [0.05, 0.1) is 5.69 Å². The van der Waals surface area contributed by atoms with Crippen LogP contribution in [0.4, 0.5) is 0 Å². The van der Waals surface area contributed by atoms with Gasteiger partial charge >= 0.3 is 5.69 Å². The van der Waals surface area contributed by atoms with Crippen LogP contribution in [-0.4, -0.2) is 32.0 Å². The Morgan fingerprint density at radius 2 is 1.70 bits per heavy atom. The third-order valence-corrected chi connectivity index (χ3v) is 5.04. The van der Waals surface area contributed by atoms with Crippen molar-refractivity contribution in [2.45, 2.75) is 38.3 Å². The van der Waals surface area contributed by atoms with Crippen molar-refractivity contribution >= 4 is 12.4 Å². The molecule has 1 saturated heterocycles. The van der Waals surface area contributed by atoms with E-state index < -0.39 is 0 Å². The number of nitrogens with zero attached hydrogens (tertiary/aromatic N) is 4. The highest BCUT2D eigenvalue weighted by molar-refractivity contribution is 5.85. The molecular formula is C20H26ClN5O. The summed E-state index contributed by atoms with van der Waals surface area (Å²) < 4.78 is 5.59. The first-order valence-corrected chi connectivity index (χ1v) is 9.39. The SMILES string of the molecule is Cl.O=c1n(CCCn2cccc2)nc(C2CCNCC2)n1-c1ccccc1. The van der Waals surface area contributed by atoms with E-state index in [2.05, 4.69) is 9.88 Å². The fraction of sp³-hybridized carbons (Fsp3) is 0.400. The Hall–Kier alpha value is -2.31. The maximum atomic E-state index is 13.1. The maximum Gasteiger partial charge on any atom is 0.350 e. The zero-order valence-corrected chi connectivity index (χ0v) is 16.1. The lowest BCUT2D eigenvalue weighted by atomic mass is 9.97. The fourth-order valence-electron chi connectivity index (χ4n) is 3.66. The summed E-state index contributed by atoms with van der Waals surface area (Å²) in [5.41, 5.74) is 0.875. The standard InChI is InChI=1S/C20H25N5O.ClH/c26-20-24(16-6-15-23-13-4-5-14-23)22-19(17-9-11-21-12-10-17)25(20)18-7-2-1-3-8-18;/h1-5,7-8,13-14,17,21H,6,9-12,15-16H2;1H. The minimum atomic E-state index is -0.0303. The van der Waals surface area contributed by atoms with E-state index in [1.165, 1.54) is 0 Å². The van der Waals surface area contributed by atoms with E-state index in [0.717, 1.165) is 50.4 Å². The van der Waals surface area contributed by atoms with Crippen LogP contribution in [0.25, 0.3) is 5.69 Å². The third-order valence-electron chi connectivity index (χ3n) is 5.04. The molecule has 6 nitrogen and oxygen atoms in total. The molecule has 0 unspecified atom stereocenters. The Labute approximate surface area is 165 Å². The molecule has 0 aliphatic carbocycles. The van der Waals surface area contributed by atoms with Crippen LogP contribution in [0.1, 0.15) is 31.0 Å². The Kier molecular flexibility index (Phi) is 6.53. The fourth-order valence-corrected chi connectivity index (χ4v) is 3.66. The second kappa shape index (κ2) is 9.06. The van der Waals surface area contributed by atoms with E-state index >= 15 is 0 Å². The van der Waals surface area contributed by atoms with Crippen molar-refractivity contribution in [3.05, 3.63) is 71.2 Å². The van der Waals surface area contributed by atoms with Crippen molar-refractivity contribution in [3.8, 4) is 5.69 Å². The first-order valence-electron chi connectivity index (χ1n) is 9.39. The monoisotopic (exact) mass is 387 g/mol. The van der Waals surface area contributed by atoms with Crippen LogP contribution in [0.15, 0.2) is 59.7 Å². The molecule has 0 spiro atoms. The predicted molar refractivity (Wildman–Crippen MR) is 109 cm³/mol. The van der Waals surface area contributed by atoms with Gasteiger partial charge in [-0.05, 0) is 56.6 Å². The van der Waals surface area contributed by atoms with Crippen LogP contribution in [0.5, 0.6) is 0 Å². The third kappa shape index (κ3) is 4.34. The van der Waals surface area contributed by atoms with E-state index in [0.29, 0.717) is 12.5 Å². The zero-order valence-electron chi connectivity index (χ0n) is 15.3. The molecule has 144 valence electrons. The van der Waals surface area contributed by atoms with Crippen LogP contribution in [-0.2, 0) is 13.1 Å². The highest BCUT2D eigenvalue weighted by Crippen LogP contribution is 2.24. The minimum Gasteiger partial charge on any atom is -0.354 e. The number of hydrogen-bond donors (Lipinski definition) is 1. The topological polar surface area (TPSA) is 56.8 Å². The predicted octanol–water partition coefficient (Wildman–Crippen LogP) is 2.81. The molecule has 1 N–H and O–H groups in total. The molecule has 3 heterocycles. The highest BCUT2D eigenvalue weighted by Gasteiger charge is 2.24. The lowest BCUT2D eigenvalue weighted by Gasteiger charge is -2.22. The van der Waals surface area contributed by atoms with Gasteiger partial charge in [-0.25, -0.2) is 14.0 Å². The van der Waals surface area contributed by atoms with Gasteiger partial charge in [-0.1, -0.05) is 18.2 Å². The van der Waals surface area contributed by atoms with E-state index in [1.807, 2.05) is 59.4 Å². The number of piperidine rings is 1. The van der Waals surface area contributed by atoms with Gasteiger partial charge in [-0.2, -0.15) is 5.10 Å². The highest BCUT2D eigenvalue weighted by atomic mass is 35.5. The lowest BCUT2D eigenvalue weighted by Crippen LogP contribution is -2.29. The molecule has 4 rings (SSSR count). The summed E-state index contributed by atoms with van der Waals surface area (Å²) in [5.74, 6) is 1.23. The van der Waals surface area contributed by atoms with Gasteiger partial charge in [-0.15, -0.1) is 12.4 Å². The van der Waals surface area contributed by atoms with Gasteiger partial charge in [0.25, 0.3) is 0 Å². The smallest absolute Gasteiger partial charge is 0.350 e. The van der Waals surface area contributed by atoms with Crippen LogP contribution in [0, 0.1) is 0 Å². The molecule has 1 fully saturated rings. The number of rotatable bonds is 6. The van der Waals surface area contributed by atoms with E-state index in [1.54, 1.807) is 4.68 Å². The van der Waals surface area contributed by atoms with Gasteiger partial charge in [0.2, 0.25) is 0 Å². The number of nitrogens with one attached hydrogen (secondary N) is 1. The summed E-state index contributed by atoms with van der Waals surface area (Å²) in [6.07, 6.45) is 7.02. The average Bonchev–Trinajstić information content (AvgIpc) is 3.32. The van der Waals surface area contributed by atoms with Crippen molar-refractivity contribution < 1.29 is 0 Å². The van der Waals surface area contributed by atoms with Gasteiger partial charge in [-0.3, -0.25) is 0 Å².